The first-order valence-corrected chi connectivity index (χ1v) is 11.7. The molecule has 1 aromatic heterocycles. The molecular formula is C28H25N3O4. The van der Waals surface area contributed by atoms with E-state index >= 15 is 0 Å². The van der Waals surface area contributed by atoms with Gasteiger partial charge in [0.2, 0.25) is 0 Å². The van der Waals surface area contributed by atoms with E-state index in [1.165, 1.54) is 5.57 Å². The molecule has 0 bridgehead atoms. The first-order chi connectivity index (χ1) is 16.9. The summed E-state index contributed by atoms with van der Waals surface area (Å²) in [7, 11) is 0. The molecule has 2 heterocycles. The number of ether oxygens (including phenoxy) is 1. The van der Waals surface area contributed by atoms with Gasteiger partial charge < -0.3 is 14.5 Å². The van der Waals surface area contributed by atoms with E-state index < -0.39 is 11.2 Å². The number of H-pyrrole nitrogens is 1. The number of anilines is 1. The average molecular weight is 468 g/mol. The standard InChI is InChI=1S/C28H25N3O4/c1-15-13-20(17(3)29-22-12-8-7-11-19(22)26-30-31-27(33)35-26)25-28(14-21(15)28)24(32)16(2)23(34-25)18-9-5-4-6-10-18/h4-13,17,21,29H,14H2,1-3H3,(H,31,33)/t17-,21?,28?/m1/s1. The van der Waals surface area contributed by atoms with Crippen LogP contribution in [0.2, 0.25) is 0 Å². The number of aromatic nitrogens is 2. The van der Waals surface area contributed by atoms with Crippen molar-refractivity contribution in [3.8, 4) is 11.5 Å². The number of carbonyl (C=O) groups is 1. The fourth-order valence-corrected chi connectivity index (χ4v) is 5.49. The molecule has 6 rings (SSSR count). The van der Waals surface area contributed by atoms with Gasteiger partial charge in [-0.05, 0) is 39.3 Å². The Bertz CT molecular complexity index is 1510. The van der Waals surface area contributed by atoms with Crippen molar-refractivity contribution in [3.05, 3.63) is 99.3 Å². The molecule has 35 heavy (non-hydrogen) atoms. The van der Waals surface area contributed by atoms with Crippen molar-refractivity contribution >= 4 is 17.2 Å². The maximum absolute atomic E-state index is 13.7. The lowest BCUT2D eigenvalue weighted by Gasteiger charge is -2.35. The van der Waals surface area contributed by atoms with Gasteiger partial charge in [0.15, 0.2) is 5.78 Å². The Labute approximate surface area is 202 Å². The zero-order chi connectivity index (χ0) is 24.3. The Morgan fingerprint density at radius 2 is 1.83 bits per heavy atom. The number of ketones is 1. The minimum atomic E-state index is -0.610. The normalized spacial score (nSPS) is 23.8. The summed E-state index contributed by atoms with van der Waals surface area (Å²) >= 11 is 0. The second-order valence-electron chi connectivity index (χ2n) is 9.48. The molecule has 0 radical (unpaired) electrons. The molecule has 3 aliphatic rings. The summed E-state index contributed by atoms with van der Waals surface area (Å²) in [5.74, 6) is 1.30. The zero-order valence-electron chi connectivity index (χ0n) is 19.7. The average Bonchev–Trinajstić information content (AvgIpc) is 3.49. The molecule has 7 nitrogen and oxygen atoms in total. The number of nitrogens with zero attached hydrogens (tertiary/aromatic N) is 1. The molecule has 176 valence electrons. The highest BCUT2D eigenvalue weighted by atomic mass is 16.5. The molecule has 3 atom stereocenters. The number of para-hydroxylation sites is 1. The number of rotatable bonds is 5. The molecule has 1 fully saturated rings. The number of aromatic amines is 1. The van der Waals surface area contributed by atoms with Crippen molar-refractivity contribution in [2.45, 2.75) is 33.2 Å². The topological polar surface area (TPSA) is 97.2 Å². The first kappa shape index (κ1) is 21.4. The number of hydrogen-bond acceptors (Lipinski definition) is 6. The van der Waals surface area contributed by atoms with E-state index in [1.807, 2.05) is 68.4 Å². The van der Waals surface area contributed by atoms with Crippen molar-refractivity contribution in [3.63, 3.8) is 0 Å². The van der Waals surface area contributed by atoms with Crippen LogP contribution in [0.4, 0.5) is 5.69 Å². The summed E-state index contributed by atoms with van der Waals surface area (Å²) in [6, 6.07) is 17.1. The number of nitrogens with one attached hydrogen (secondary N) is 2. The van der Waals surface area contributed by atoms with Crippen LogP contribution in [-0.2, 0) is 9.53 Å². The van der Waals surface area contributed by atoms with Gasteiger partial charge in [0, 0.05) is 28.3 Å². The van der Waals surface area contributed by atoms with E-state index in [9.17, 15) is 9.59 Å². The predicted octanol–water partition coefficient (Wildman–Crippen LogP) is 5.08. The predicted molar refractivity (Wildman–Crippen MR) is 132 cm³/mol. The van der Waals surface area contributed by atoms with Gasteiger partial charge in [0.25, 0.3) is 5.89 Å². The van der Waals surface area contributed by atoms with Gasteiger partial charge in [-0.1, -0.05) is 54.1 Å². The van der Waals surface area contributed by atoms with Crippen LogP contribution < -0.4 is 11.1 Å². The van der Waals surface area contributed by atoms with Crippen molar-refractivity contribution in [2.24, 2.45) is 11.3 Å². The van der Waals surface area contributed by atoms with E-state index in [2.05, 4.69) is 28.5 Å². The maximum Gasteiger partial charge on any atom is 0.434 e. The highest BCUT2D eigenvalue weighted by molar-refractivity contribution is 6.10. The smallest absolute Gasteiger partial charge is 0.434 e. The minimum absolute atomic E-state index is 0.151. The summed E-state index contributed by atoms with van der Waals surface area (Å²) in [6.07, 6.45) is 2.92. The van der Waals surface area contributed by atoms with Crippen LogP contribution in [0.3, 0.4) is 0 Å². The molecule has 1 saturated carbocycles. The van der Waals surface area contributed by atoms with Crippen molar-refractivity contribution in [2.75, 3.05) is 5.32 Å². The molecule has 0 saturated heterocycles. The van der Waals surface area contributed by atoms with Crippen LogP contribution in [0.1, 0.15) is 32.8 Å². The van der Waals surface area contributed by atoms with Crippen LogP contribution in [-0.4, -0.2) is 22.0 Å². The van der Waals surface area contributed by atoms with Gasteiger partial charge in [-0.15, -0.1) is 5.10 Å². The number of benzene rings is 2. The zero-order valence-corrected chi connectivity index (χ0v) is 19.7. The van der Waals surface area contributed by atoms with Gasteiger partial charge in [-0.2, -0.15) is 0 Å². The van der Waals surface area contributed by atoms with Crippen molar-refractivity contribution in [1.29, 1.82) is 0 Å². The molecule has 3 aromatic rings. The first-order valence-electron chi connectivity index (χ1n) is 11.7. The minimum Gasteiger partial charge on any atom is -0.459 e. The summed E-state index contributed by atoms with van der Waals surface area (Å²) in [6.45, 7) is 6.00. The Morgan fingerprint density at radius 3 is 2.57 bits per heavy atom. The summed E-state index contributed by atoms with van der Waals surface area (Å²) in [5.41, 5.74) is 4.53. The highest BCUT2D eigenvalue weighted by Gasteiger charge is 2.68. The molecule has 1 spiro atoms. The van der Waals surface area contributed by atoms with Crippen LogP contribution in [0.25, 0.3) is 17.2 Å². The van der Waals surface area contributed by atoms with Crippen LogP contribution >= 0.6 is 0 Å². The second-order valence-corrected chi connectivity index (χ2v) is 9.48. The lowest BCUT2D eigenvalue weighted by Crippen LogP contribution is -2.34. The maximum atomic E-state index is 13.7. The fraction of sp³-hybridized carbons (Fsp3) is 0.250. The van der Waals surface area contributed by atoms with Crippen LogP contribution in [0.5, 0.6) is 0 Å². The van der Waals surface area contributed by atoms with E-state index in [-0.39, 0.29) is 23.6 Å². The third kappa shape index (κ3) is 3.22. The number of Topliss-reactive ketones (excluding diaryl/α,β-unsaturated/α-hetero) is 1. The molecule has 7 heteroatoms. The fourth-order valence-electron chi connectivity index (χ4n) is 5.49. The van der Waals surface area contributed by atoms with E-state index in [1.54, 1.807) is 0 Å². The SMILES string of the molecule is CC1=CC([C@@H](C)Nc2ccccc2-c2n[nH]c(=O)o2)=C2OC(c3ccccc3)=C(C)C(=O)C23CC13. The second kappa shape index (κ2) is 7.70. The molecule has 1 aliphatic heterocycles. The Hall–Kier alpha value is -4.13. The summed E-state index contributed by atoms with van der Waals surface area (Å²) in [5, 5.41) is 9.82. The Balaban J connectivity index is 1.42. The lowest BCUT2D eigenvalue weighted by atomic mass is 9.79. The van der Waals surface area contributed by atoms with Gasteiger partial charge in [0.05, 0.1) is 17.0 Å². The molecule has 0 amide bonds. The summed E-state index contributed by atoms with van der Waals surface area (Å²) in [4.78, 5) is 25.3. The number of carbonyl (C=O) groups excluding carboxylic acids is 1. The third-order valence-corrected chi connectivity index (χ3v) is 7.32. The summed E-state index contributed by atoms with van der Waals surface area (Å²) < 4.78 is 11.8. The number of allylic oxidation sites excluding steroid dienone is 3. The van der Waals surface area contributed by atoms with E-state index in [0.29, 0.717) is 16.9 Å². The molecule has 2 aliphatic carbocycles. The molecule has 2 unspecified atom stereocenters. The Morgan fingerprint density at radius 1 is 1.09 bits per heavy atom. The number of hydrogen-bond donors (Lipinski definition) is 2. The lowest BCUT2D eigenvalue weighted by molar-refractivity contribution is -0.121. The van der Waals surface area contributed by atoms with Crippen LogP contribution in [0.15, 0.2) is 92.4 Å². The van der Waals surface area contributed by atoms with Gasteiger partial charge in [-0.3, -0.25) is 4.79 Å². The highest BCUT2D eigenvalue weighted by Crippen LogP contribution is 2.68. The van der Waals surface area contributed by atoms with Crippen molar-refractivity contribution in [1.82, 2.24) is 10.2 Å². The van der Waals surface area contributed by atoms with Gasteiger partial charge in [-0.25, -0.2) is 9.89 Å². The monoisotopic (exact) mass is 467 g/mol. The van der Waals surface area contributed by atoms with Crippen molar-refractivity contribution < 1.29 is 13.9 Å². The largest absolute Gasteiger partial charge is 0.459 e. The molecule has 2 N–H and O–H groups in total. The molecular weight excluding hydrogens is 442 g/mol. The third-order valence-electron chi connectivity index (χ3n) is 7.32. The quantitative estimate of drug-likeness (QED) is 0.543. The van der Waals surface area contributed by atoms with E-state index in [4.69, 9.17) is 9.15 Å². The molecule has 2 aromatic carbocycles. The van der Waals surface area contributed by atoms with Crippen LogP contribution in [0, 0.1) is 11.3 Å². The Kier molecular flexibility index (Phi) is 4.71. The van der Waals surface area contributed by atoms with Gasteiger partial charge in [0.1, 0.15) is 11.5 Å². The van der Waals surface area contributed by atoms with E-state index in [0.717, 1.165) is 29.0 Å². The van der Waals surface area contributed by atoms with Gasteiger partial charge >= 0.3 is 5.76 Å².